The van der Waals surface area contributed by atoms with Crippen LogP contribution in [0, 0.1) is 11.7 Å². The summed E-state index contributed by atoms with van der Waals surface area (Å²) < 4.78 is 19.5. The largest absolute Gasteiger partial charge is 0.383 e. The lowest BCUT2D eigenvalue weighted by Crippen LogP contribution is -2.44. The molecule has 1 aromatic carbocycles. The quantitative estimate of drug-likeness (QED) is 0.599. The van der Waals surface area contributed by atoms with Crippen LogP contribution >= 0.6 is 12.2 Å². The van der Waals surface area contributed by atoms with Gasteiger partial charge >= 0.3 is 5.69 Å². The minimum atomic E-state index is -0.651. The van der Waals surface area contributed by atoms with Crippen molar-refractivity contribution in [1.29, 1.82) is 0 Å². The Morgan fingerprint density at radius 2 is 2.00 bits per heavy atom. The first-order valence-electron chi connectivity index (χ1n) is 8.70. The van der Waals surface area contributed by atoms with Gasteiger partial charge in [0.2, 0.25) is 0 Å². The van der Waals surface area contributed by atoms with Crippen LogP contribution in [0.25, 0.3) is 0 Å². The van der Waals surface area contributed by atoms with Crippen molar-refractivity contribution < 1.29 is 9.13 Å². The van der Waals surface area contributed by atoms with Crippen molar-refractivity contribution in [2.75, 3.05) is 36.2 Å². The van der Waals surface area contributed by atoms with E-state index in [0.717, 1.165) is 0 Å². The molecule has 0 saturated heterocycles. The molecule has 0 amide bonds. The molecular formula is C18H24FN5O3S. The van der Waals surface area contributed by atoms with Gasteiger partial charge in [0.25, 0.3) is 5.56 Å². The molecule has 0 aliphatic rings. The van der Waals surface area contributed by atoms with Crippen LogP contribution in [0.1, 0.15) is 13.8 Å². The molecule has 10 heteroatoms. The number of hydrogen-bond acceptors (Lipinski definition) is 5. The van der Waals surface area contributed by atoms with Gasteiger partial charge in [0.1, 0.15) is 11.6 Å². The zero-order valence-corrected chi connectivity index (χ0v) is 16.8. The molecule has 1 aromatic heterocycles. The third-order valence-corrected chi connectivity index (χ3v) is 4.21. The number of nitrogens with zero attached hydrogens (tertiary/aromatic N) is 2. The van der Waals surface area contributed by atoms with Crippen molar-refractivity contribution in [2.45, 2.75) is 20.4 Å². The second kappa shape index (κ2) is 9.47. The van der Waals surface area contributed by atoms with Gasteiger partial charge in [0, 0.05) is 25.9 Å². The molecule has 4 N–H and O–H groups in total. The Morgan fingerprint density at radius 3 is 2.57 bits per heavy atom. The van der Waals surface area contributed by atoms with Gasteiger partial charge in [0.05, 0.1) is 6.61 Å². The fourth-order valence-electron chi connectivity index (χ4n) is 2.61. The minimum absolute atomic E-state index is 0.0156. The predicted octanol–water partition coefficient (Wildman–Crippen LogP) is 1.76. The lowest BCUT2D eigenvalue weighted by atomic mass is 10.2. The van der Waals surface area contributed by atoms with E-state index >= 15 is 0 Å². The van der Waals surface area contributed by atoms with E-state index in [1.807, 2.05) is 13.8 Å². The van der Waals surface area contributed by atoms with Crippen LogP contribution in [0.4, 0.5) is 21.6 Å². The molecule has 0 saturated carbocycles. The summed E-state index contributed by atoms with van der Waals surface area (Å²) in [5.41, 5.74) is 5.54. The van der Waals surface area contributed by atoms with Gasteiger partial charge < -0.3 is 20.7 Å². The van der Waals surface area contributed by atoms with Gasteiger partial charge in [-0.05, 0) is 42.4 Å². The van der Waals surface area contributed by atoms with Crippen LogP contribution in [0.3, 0.4) is 0 Å². The molecule has 0 spiro atoms. The normalized spacial score (nSPS) is 10.9. The molecule has 0 radical (unpaired) electrons. The molecular weight excluding hydrogens is 385 g/mol. The number of nitrogens with one attached hydrogen (secondary N) is 2. The number of aromatic nitrogens is 2. The number of ether oxygens (including phenoxy) is 1. The van der Waals surface area contributed by atoms with E-state index in [9.17, 15) is 14.0 Å². The van der Waals surface area contributed by atoms with Crippen LogP contribution in [0.2, 0.25) is 0 Å². The summed E-state index contributed by atoms with van der Waals surface area (Å²) in [6.07, 6.45) is 0. The summed E-state index contributed by atoms with van der Waals surface area (Å²) in [6.45, 7) is 4.68. The van der Waals surface area contributed by atoms with E-state index < -0.39 is 11.2 Å². The fraction of sp³-hybridized carbons (Fsp3) is 0.389. The Morgan fingerprint density at radius 1 is 1.36 bits per heavy atom. The SMILES string of the molecule is COCCN(C(=S)Nc1ccc(F)cc1)c1c(N)n(CC(C)C)c(=O)[nH]c1=O. The standard InChI is InChI=1S/C18H24FN5O3S/c1-11(2)10-24-15(20)14(16(25)22-17(24)26)23(8-9-27-3)18(28)21-13-6-4-12(19)5-7-13/h4-7,11H,8-10,20H2,1-3H3,(H,21,28)(H,22,25,26). The second-order valence-corrected chi connectivity index (χ2v) is 6.97. The maximum absolute atomic E-state index is 13.1. The summed E-state index contributed by atoms with van der Waals surface area (Å²) in [7, 11) is 1.52. The number of anilines is 3. The Kier molecular flexibility index (Phi) is 7.30. The summed E-state index contributed by atoms with van der Waals surface area (Å²) in [6, 6.07) is 5.61. The first-order chi connectivity index (χ1) is 13.2. The molecule has 28 heavy (non-hydrogen) atoms. The number of hydrogen-bond donors (Lipinski definition) is 3. The van der Waals surface area contributed by atoms with Gasteiger partial charge in [0.15, 0.2) is 10.8 Å². The molecule has 0 unspecified atom stereocenters. The molecule has 0 aliphatic heterocycles. The average molecular weight is 409 g/mol. The van der Waals surface area contributed by atoms with E-state index in [2.05, 4.69) is 10.3 Å². The van der Waals surface area contributed by atoms with Gasteiger partial charge in [-0.3, -0.25) is 14.3 Å². The number of nitrogens with two attached hydrogens (primary N) is 1. The number of halogens is 1. The highest BCUT2D eigenvalue weighted by Crippen LogP contribution is 2.19. The van der Waals surface area contributed by atoms with Gasteiger partial charge in [-0.25, -0.2) is 9.18 Å². The first kappa shape index (κ1) is 21.6. The first-order valence-corrected chi connectivity index (χ1v) is 9.11. The second-order valence-electron chi connectivity index (χ2n) is 6.58. The summed E-state index contributed by atoms with van der Waals surface area (Å²) in [4.78, 5) is 28.5. The maximum atomic E-state index is 13.1. The number of nitrogen functional groups attached to an aromatic ring is 1. The molecule has 2 aromatic rings. The van der Waals surface area contributed by atoms with Crippen LogP contribution in [0.5, 0.6) is 0 Å². The number of methoxy groups -OCH3 is 1. The van der Waals surface area contributed by atoms with Crippen molar-refractivity contribution in [3.05, 3.63) is 50.9 Å². The molecule has 1 heterocycles. The third kappa shape index (κ3) is 5.17. The number of rotatable bonds is 7. The van der Waals surface area contributed by atoms with Crippen molar-refractivity contribution >= 4 is 34.5 Å². The molecule has 0 fully saturated rings. The van der Waals surface area contributed by atoms with E-state index in [1.54, 1.807) is 0 Å². The maximum Gasteiger partial charge on any atom is 0.330 e. The van der Waals surface area contributed by atoms with E-state index in [-0.39, 0.29) is 41.5 Å². The van der Waals surface area contributed by atoms with E-state index in [0.29, 0.717) is 12.2 Å². The Hall–Kier alpha value is -2.72. The van der Waals surface area contributed by atoms with Crippen LogP contribution in [0.15, 0.2) is 33.9 Å². The molecule has 152 valence electrons. The highest BCUT2D eigenvalue weighted by Gasteiger charge is 2.22. The van der Waals surface area contributed by atoms with Crippen molar-refractivity contribution in [3.8, 4) is 0 Å². The highest BCUT2D eigenvalue weighted by atomic mass is 32.1. The van der Waals surface area contributed by atoms with Crippen LogP contribution in [-0.4, -0.2) is 34.9 Å². The Bertz CT molecular complexity index is 940. The van der Waals surface area contributed by atoms with Crippen molar-refractivity contribution in [2.24, 2.45) is 5.92 Å². The summed E-state index contributed by atoms with van der Waals surface area (Å²) in [5, 5.41) is 3.11. The van der Waals surface area contributed by atoms with Crippen molar-refractivity contribution in [1.82, 2.24) is 9.55 Å². The van der Waals surface area contributed by atoms with E-state index in [4.69, 9.17) is 22.7 Å². The molecule has 0 bridgehead atoms. The fourth-order valence-corrected chi connectivity index (χ4v) is 2.91. The lowest BCUT2D eigenvalue weighted by Gasteiger charge is -2.27. The van der Waals surface area contributed by atoms with Crippen molar-refractivity contribution in [3.63, 3.8) is 0 Å². The zero-order chi connectivity index (χ0) is 20.8. The highest BCUT2D eigenvalue weighted by molar-refractivity contribution is 7.80. The average Bonchev–Trinajstić information content (AvgIpc) is 2.63. The Balaban J connectivity index is 2.46. The third-order valence-electron chi connectivity index (χ3n) is 3.89. The summed E-state index contributed by atoms with van der Waals surface area (Å²) in [5.74, 6) is -0.230. The smallest absolute Gasteiger partial charge is 0.330 e. The molecule has 2 rings (SSSR count). The number of benzene rings is 1. The lowest BCUT2D eigenvalue weighted by molar-refractivity contribution is 0.208. The predicted molar refractivity (Wildman–Crippen MR) is 112 cm³/mol. The van der Waals surface area contributed by atoms with E-state index in [1.165, 1.54) is 40.8 Å². The van der Waals surface area contributed by atoms with Gasteiger partial charge in [-0.15, -0.1) is 0 Å². The minimum Gasteiger partial charge on any atom is -0.383 e. The molecule has 8 nitrogen and oxygen atoms in total. The van der Waals surface area contributed by atoms with Gasteiger partial charge in [-0.1, -0.05) is 13.8 Å². The number of thiocarbonyl (C=S) groups is 1. The van der Waals surface area contributed by atoms with Gasteiger partial charge in [-0.2, -0.15) is 0 Å². The monoisotopic (exact) mass is 409 g/mol. The number of H-pyrrole nitrogens is 1. The topological polar surface area (TPSA) is 105 Å². The van der Waals surface area contributed by atoms with Crippen LogP contribution < -0.4 is 27.2 Å². The summed E-state index contributed by atoms with van der Waals surface area (Å²) >= 11 is 5.44. The number of aromatic amines is 1. The van der Waals surface area contributed by atoms with Crippen LogP contribution in [-0.2, 0) is 11.3 Å². The zero-order valence-electron chi connectivity index (χ0n) is 16.0. The molecule has 0 atom stereocenters. The molecule has 0 aliphatic carbocycles. The Labute approximate surface area is 167 Å².